The Hall–Kier alpha value is -13.0. The van der Waals surface area contributed by atoms with Crippen LogP contribution in [0.1, 0.15) is 90.0 Å². The maximum Gasteiger partial charge on any atom is 0.252 e. The van der Waals surface area contributed by atoms with E-state index in [0.717, 1.165) is 139 Å². The predicted octanol–water partition coefficient (Wildman–Crippen LogP) is 24.4. The summed E-state index contributed by atoms with van der Waals surface area (Å²) in [5.74, 6) is 0. The van der Waals surface area contributed by atoms with Crippen LogP contribution in [-0.2, 0) is 16.2 Å². The quantitative estimate of drug-likeness (QED) is 0.0900. The Bertz CT molecular complexity index is 7050. The van der Waals surface area contributed by atoms with Crippen LogP contribution in [0.4, 0.5) is 34.1 Å². The van der Waals surface area contributed by atoms with Gasteiger partial charge in [0, 0.05) is 72.2 Å². The molecule has 0 atom stereocenters. The summed E-state index contributed by atoms with van der Waals surface area (Å²) in [5.41, 5.74) is 23.2. The summed E-state index contributed by atoms with van der Waals surface area (Å²) in [6, 6.07) is 114. The van der Waals surface area contributed by atoms with Crippen molar-refractivity contribution in [2.45, 2.75) is 78.6 Å². The molecule has 20 rings (SSSR count). The first-order valence-electron chi connectivity index (χ1n) is 43.6. The molecule has 6 heteroatoms. The second kappa shape index (κ2) is 27.2. The van der Waals surface area contributed by atoms with E-state index in [0.29, 0.717) is 5.69 Å². The first kappa shape index (κ1) is 61.6. The number of rotatable bonds is 12. The summed E-state index contributed by atoms with van der Waals surface area (Å²) in [4.78, 5) is 5.07. The third kappa shape index (κ3) is 11.5. The van der Waals surface area contributed by atoms with Crippen LogP contribution in [-0.4, -0.2) is 19.4 Å². The molecule has 2 aliphatic heterocycles. The van der Waals surface area contributed by atoms with Gasteiger partial charge in [-0.05, 0) is 182 Å². The lowest BCUT2D eigenvalue weighted by Crippen LogP contribution is -2.74. The van der Waals surface area contributed by atoms with Gasteiger partial charge < -0.3 is 18.8 Å². The van der Waals surface area contributed by atoms with E-state index < -0.39 is 56.5 Å². The van der Waals surface area contributed by atoms with E-state index in [9.17, 15) is 8.22 Å². The van der Waals surface area contributed by atoms with Crippen molar-refractivity contribution >= 4 is 130 Å². The summed E-state index contributed by atoms with van der Waals surface area (Å²) >= 11 is 0. The maximum atomic E-state index is 9.95. The van der Waals surface area contributed by atoms with E-state index in [4.69, 9.17) is 7.16 Å². The fourth-order valence-corrected chi connectivity index (χ4v) is 22.9. The van der Waals surface area contributed by atoms with Gasteiger partial charge in [-0.15, -0.1) is 0 Å². The van der Waals surface area contributed by atoms with Gasteiger partial charge >= 0.3 is 0 Å². The Morgan fingerprint density at radius 1 is 0.298 bits per heavy atom. The SMILES string of the molecule is [2H]c1c([2H])c([2H])c2c(c1[2H])c1c([2H])c([2H])c([2H])c([2H])c1n2-c1ccc2c(c1)N(c1c(-c3ccccc3)cc(C(C)(C)C)cc1-c1ccccc1)c1cc(C(C)(C)C)cc3c1B2c1cc(-c2ccc([Si](c4ccccc4)(c4ccccc4)c4ccc5oc6ccccc6c5c4)cc2)ccc1N3c1c(-c2ccccc2)cc(C(C)(C)C)cc1-c1ccccc1. The van der Waals surface area contributed by atoms with Gasteiger partial charge in [0.1, 0.15) is 11.2 Å². The number of aromatic nitrogens is 1. The Morgan fingerprint density at radius 2 is 0.702 bits per heavy atom. The molecule has 0 bridgehead atoms. The first-order chi connectivity index (χ1) is 58.8. The van der Waals surface area contributed by atoms with Crippen molar-refractivity contribution in [1.82, 2.24) is 4.57 Å². The number of hydrogen-bond acceptors (Lipinski definition) is 3. The van der Waals surface area contributed by atoms with Crippen molar-refractivity contribution in [3.63, 3.8) is 0 Å². The highest BCUT2D eigenvalue weighted by molar-refractivity contribution is 7.20. The Balaban J connectivity index is 0.935. The summed E-state index contributed by atoms with van der Waals surface area (Å²) in [5, 5.41) is 7.12. The second-order valence-corrected chi connectivity index (χ2v) is 37.6. The molecule has 4 nitrogen and oxygen atoms in total. The highest BCUT2D eigenvalue weighted by atomic mass is 28.3. The van der Waals surface area contributed by atoms with Crippen molar-refractivity contribution in [1.29, 1.82) is 0 Å². The van der Waals surface area contributed by atoms with Crippen molar-refractivity contribution in [3.8, 4) is 61.3 Å². The van der Waals surface area contributed by atoms with Gasteiger partial charge in [0.05, 0.1) is 33.4 Å². The lowest BCUT2D eigenvalue weighted by Gasteiger charge is -2.47. The van der Waals surface area contributed by atoms with E-state index in [1.165, 1.54) is 26.3 Å². The van der Waals surface area contributed by atoms with E-state index >= 15 is 0 Å². The highest BCUT2D eigenvalue weighted by Gasteiger charge is 2.48. The predicted molar refractivity (Wildman–Crippen MR) is 489 cm³/mol. The molecule has 0 N–H and O–H groups in total. The number of nitrogens with zero attached hydrogens (tertiary/aromatic N) is 3. The average molecular weight is 1490 g/mol. The summed E-state index contributed by atoms with van der Waals surface area (Å²) < 4.78 is 84.5. The number of furan rings is 1. The van der Waals surface area contributed by atoms with E-state index in [1.54, 1.807) is 4.57 Å². The third-order valence-corrected chi connectivity index (χ3v) is 28.6. The number of hydrogen-bond donors (Lipinski definition) is 0. The van der Waals surface area contributed by atoms with Crippen LogP contribution in [0.5, 0.6) is 0 Å². The second-order valence-electron chi connectivity index (χ2n) is 33.8. The molecule has 0 amide bonds. The Kier molecular flexibility index (Phi) is 14.7. The standard InChI is InChI=1S/C108H88BN3OSi/c1-106(2,3)77-63-88(72-34-16-10-17-35-72)104(89(64-77)73-36-18-11-19-37-73)111-97-60-54-76(71-52-56-83(57-53-71)114(81-42-24-14-25-43-81,82-44-26-15-27-45-82)84-58-61-102-92(70-84)87-48-30-33-51-101(87)113-102)62-94(97)109-93-59-55-80(110-95-49-31-28-46-85(95)86-47-29-32-50-96(86)110)69-98(93)112(100-68-79(108(7,8)9)67-99(111)103(100)109)105-90(74-38-20-12-21-39-74)65-78(107(4,5)6)66-91(105)75-40-22-13-23-41-75/h10-70H,1-9H3/i28D,29D,31D,32D,46D,47D,49D,50D. The molecule has 0 radical (unpaired) electrons. The van der Waals surface area contributed by atoms with E-state index in [1.807, 2.05) is 18.2 Å². The normalized spacial score (nSPS) is 13.9. The summed E-state index contributed by atoms with van der Waals surface area (Å²) in [6.45, 7) is 20.0. The zero-order chi connectivity index (χ0) is 84.3. The molecule has 0 fully saturated rings. The number of anilines is 6. The summed E-state index contributed by atoms with van der Waals surface area (Å²) in [6.07, 6.45) is 0. The fraction of sp³-hybridized carbons (Fsp3) is 0.111. The smallest absolute Gasteiger partial charge is 0.252 e. The minimum absolute atomic E-state index is 0.00710. The van der Waals surface area contributed by atoms with E-state index in [2.05, 4.69) is 375 Å². The molecule has 0 aliphatic carbocycles. The summed E-state index contributed by atoms with van der Waals surface area (Å²) in [7, 11) is -3.17. The van der Waals surface area contributed by atoms with Crippen LogP contribution in [0.25, 0.3) is 105 Å². The minimum Gasteiger partial charge on any atom is -0.456 e. The van der Waals surface area contributed by atoms with Crippen molar-refractivity contribution in [2.24, 2.45) is 0 Å². The molecule has 0 unspecified atom stereocenters. The maximum absolute atomic E-state index is 9.95. The molecular weight excluding hydrogens is 1390 g/mol. The lowest BCUT2D eigenvalue weighted by atomic mass is 9.33. The van der Waals surface area contributed by atoms with Gasteiger partial charge in [-0.3, -0.25) is 0 Å². The molecule has 0 saturated heterocycles. The van der Waals surface area contributed by atoms with Gasteiger partial charge in [-0.2, -0.15) is 0 Å². The van der Waals surface area contributed by atoms with Gasteiger partial charge in [0.2, 0.25) is 0 Å². The molecule has 4 heterocycles. The zero-order valence-corrected chi connectivity index (χ0v) is 66.4. The van der Waals surface area contributed by atoms with Crippen LogP contribution in [0, 0.1) is 0 Å². The van der Waals surface area contributed by atoms with Gasteiger partial charge in [-0.25, -0.2) is 0 Å². The highest BCUT2D eigenvalue weighted by Crippen LogP contribution is 2.56. The van der Waals surface area contributed by atoms with Crippen LogP contribution in [0.3, 0.4) is 0 Å². The zero-order valence-electron chi connectivity index (χ0n) is 73.4. The number of fused-ring (bicyclic) bond motifs is 10. The molecular formula is C108H88BN3OSi. The van der Waals surface area contributed by atoms with E-state index in [-0.39, 0.29) is 44.7 Å². The van der Waals surface area contributed by atoms with Crippen LogP contribution < -0.4 is 46.9 Å². The van der Waals surface area contributed by atoms with Gasteiger partial charge in [0.15, 0.2) is 8.07 Å². The molecule has 0 saturated carbocycles. The molecule has 2 aromatic heterocycles. The fourth-order valence-electron chi connectivity index (χ4n) is 18.1. The Labute approximate surface area is 681 Å². The number of benzene rings is 16. The third-order valence-electron chi connectivity index (χ3n) is 23.8. The first-order valence-corrected chi connectivity index (χ1v) is 41.6. The molecule has 16 aromatic carbocycles. The minimum atomic E-state index is -3.17. The monoisotopic (exact) mass is 1490 g/mol. The average Bonchev–Trinajstić information content (AvgIpc) is 0.936. The van der Waals surface area contributed by atoms with Gasteiger partial charge in [-0.1, -0.05) is 353 Å². The molecule has 114 heavy (non-hydrogen) atoms. The van der Waals surface area contributed by atoms with Crippen LogP contribution in [0.15, 0.2) is 374 Å². The Morgan fingerprint density at radius 3 is 1.18 bits per heavy atom. The lowest BCUT2D eigenvalue weighted by molar-refractivity contribution is 0.590. The van der Waals surface area contributed by atoms with Crippen molar-refractivity contribution in [2.75, 3.05) is 9.80 Å². The van der Waals surface area contributed by atoms with Crippen LogP contribution in [0.2, 0.25) is 0 Å². The molecule has 2 aliphatic rings. The largest absolute Gasteiger partial charge is 0.456 e. The van der Waals surface area contributed by atoms with Crippen molar-refractivity contribution < 1.29 is 15.4 Å². The van der Waals surface area contributed by atoms with Crippen LogP contribution >= 0.6 is 0 Å². The molecule has 548 valence electrons. The molecule has 0 spiro atoms. The van der Waals surface area contributed by atoms with Crippen molar-refractivity contribution in [3.05, 3.63) is 387 Å². The molecule has 18 aromatic rings. The topological polar surface area (TPSA) is 24.6 Å². The van der Waals surface area contributed by atoms with Gasteiger partial charge in [0.25, 0.3) is 6.71 Å². The number of para-hydroxylation sites is 3.